The molecule has 2 aromatic heterocycles. The quantitative estimate of drug-likeness (QED) is 0.522. The van der Waals surface area contributed by atoms with Gasteiger partial charge in [-0.25, -0.2) is 0 Å². The average Bonchev–Trinajstić information content (AvgIpc) is 3.45. The van der Waals surface area contributed by atoms with Gasteiger partial charge in [0.05, 0.1) is 18.5 Å². The first-order valence-electron chi connectivity index (χ1n) is 10.1. The zero-order valence-corrected chi connectivity index (χ0v) is 17.2. The lowest BCUT2D eigenvalue weighted by Gasteiger charge is -2.17. The molecule has 3 aromatic rings. The maximum atomic E-state index is 6.03. The van der Waals surface area contributed by atoms with E-state index in [0.29, 0.717) is 5.70 Å². The van der Waals surface area contributed by atoms with E-state index in [0.717, 1.165) is 48.2 Å². The molecule has 154 valence electrons. The van der Waals surface area contributed by atoms with Crippen molar-refractivity contribution >= 4 is 12.4 Å². The number of nitrogens with one attached hydrogen (secondary N) is 1. The van der Waals surface area contributed by atoms with Crippen LogP contribution in [0.4, 0.5) is 0 Å². The van der Waals surface area contributed by atoms with Gasteiger partial charge in [0.25, 0.3) is 0 Å². The lowest BCUT2D eigenvalue weighted by Crippen LogP contribution is -2.16. The summed E-state index contributed by atoms with van der Waals surface area (Å²) < 4.78 is 6.03. The highest BCUT2D eigenvalue weighted by molar-refractivity contribution is 5.69. The van der Waals surface area contributed by atoms with E-state index < -0.39 is 0 Å². The van der Waals surface area contributed by atoms with Crippen LogP contribution in [0.25, 0.3) is 17.0 Å². The van der Waals surface area contributed by atoms with E-state index >= 15 is 0 Å². The number of para-hydroxylation sites is 1. The minimum Gasteiger partial charge on any atom is -0.493 e. The SMILES string of the molecule is C=N/C(=C\N(C)CCc1ccccc1OCC1CC1)c1cc(-c2cn[nH]n2)ccn1. The van der Waals surface area contributed by atoms with Gasteiger partial charge in [-0.15, -0.1) is 0 Å². The molecule has 30 heavy (non-hydrogen) atoms. The number of hydrogen-bond donors (Lipinski definition) is 1. The van der Waals surface area contributed by atoms with Crippen LogP contribution in [0.15, 0.2) is 60.0 Å². The molecule has 0 aliphatic heterocycles. The number of pyridine rings is 1. The molecule has 1 saturated carbocycles. The minimum atomic E-state index is 0.709. The Hall–Kier alpha value is -3.48. The van der Waals surface area contributed by atoms with Crippen molar-refractivity contribution in [1.82, 2.24) is 25.3 Å². The van der Waals surface area contributed by atoms with Crippen molar-refractivity contribution in [3.63, 3.8) is 0 Å². The van der Waals surface area contributed by atoms with Crippen LogP contribution in [0.3, 0.4) is 0 Å². The van der Waals surface area contributed by atoms with Gasteiger partial charge in [-0.3, -0.25) is 9.98 Å². The topological polar surface area (TPSA) is 79.3 Å². The van der Waals surface area contributed by atoms with E-state index in [4.69, 9.17) is 4.74 Å². The van der Waals surface area contributed by atoms with Crippen LogP contribution in [0, 0.1) is 5.92 Å². The largest absolute Gasteiger partial charge is 0.493 e. The summed E-state index contributed by atoms with van der Waals surface area (Å²) in [5.41, 5.74) is 4.36. The molecule has 4 rings (SSSR count). The van der Waals surface area contributed by atoms with E-state index in [1.807, 2.05) is 31.4 Å². The van der Waals surface area contributed by atoms with Crippen LogP contribution in [0.5, 0.6) is 5.75 Å². The van der Waals surface area contributed by atoms with Gasteiger partial charge in [-0.2, -0.15) is 15.4 Å². The number of aliphatic imine (C=N–C) groups is 1. The molecule has 0 spiro atoms. The normalized spacial score (nSPS) is 13.8. The first-order valence-corrected chi connectivity index (χ1v) is 10.1. The molecule has 7 nitrogen and oxygen atoms in total. The third kappa shape index (κ3) is 5.11. The molecule has 1 fully saturated rings. The molecule has 1 aliphatic rings. The summed E-state index contributed by atoms with van der Waals surface area (Å²) in [6, 6.07) is 12.1. The van der Waals surface area contributed by atoms with Crippen LogP contribution in [-0.4, -0.2) is 52.2 Å². The molecule has 0 bridgehead atoms. The second-order valence-corrected chi connectivity index (χ2v) is 7.55. The number of likely N-dealkylation sites (N-methyl/N-ethyl adjacent to an activating group) is 1. The first kappa shape index (κ1) is 19.8. The van der Waals surface area contributed by atoms with Crippen LogP contribution in [-0.2, 0) is 6.42 Å². The third-order valence-electron chi connectivity index (χ3n) is 5.12. The fourth-order valence-electron chi connectivity index (χ4n) is 3.17. The van der Waals surface area contributed by atoms with E-state index in [2.05, 4.69) is 55.2 Å². The third-order valence-corrected chi connectivity index (χ3v) is 5.12. The molecule has 1 aliphatic carbocycles. The molecule has 1 aromatic carbocycles. The lowest BCUT2D eigenvalue weighted by molar-refractivity contribution is 0.296. The highest BCUT2D eigenvalue weighted by atomic mass is 16.5. The zero-order chi connectivity index (χ0) is 20.8. The summed E-state index contributed by atoms with van der Waals surface area (Å²) >= 11 is 0. The molecule has 0 radical (unpaired) electrons. The maximum absolute atomic E-state index is 6.03. The van der Waals surface area contributed by atoms with Crippen LogP contribution < -0.4 is 4.74 Å². The molecule has 0 amide bonds. The predicted octanol–water partition coefficient (Wildman–Crippen LogP) is 3.83. The zero-order valence-electron chi connectivity index (χ0n) is 17.2. The standard InChI is InChI=1S/C23H26N6O/c1-24-22(20-13-19(9-11-25-20)21-14-26-28-27-21)15-29(2)12-10-18-5-3-4-6-23(18)30-16-17-7-8-17/h3-6,9,11,13-15,17H,1,7-8,10,12,16H2,2H3,(H,26,27,28)/b22-15-. The van der Waals surface area contributed by atoms with Crippen molar-refractivity contribution in [3.8, 4) is 17.0 Å². The van der Waals surface area contributed by atoms with Crippen LogP contribution in [0.2, 0.25) is 0 Å². The summed E-state index contributed by atoms with van der Waals surface area (Å²) in [5.74, 6) is 1.73. The molecule has 0 atom stereocenters. The molecule has 1 N–H and O–H groups in total. The summed E-state index contributed by atoms with van der Waals surface area (Å²) in [7, 11) is 2.03. The van der Waals surface area contributed by atoms with Crippen molar-refractivity contribution in [1.29, 1.82) is 0 Å². The van der Waals surface area contributed by atoms with Crippen molar-refractivity contribution in [2.75, 3.05) is 20.2 Å². The fraction of sp³-hybridized carbons (Fsp3) is 0.304. The monoisotopic (exact) mass is 402 g/mol. The minimum absolute atomic E-state index is 0.709. The Labute approximate surface area is 176 Å². The number of aromatic amines is 1. The summed E-state index contributed by atoms with van der Waals surface area (Å²) in [4.78, 5) is 10.7. The number of ether oxygens (including phenoxy) is 1. The number of benzene rings is 1. The summed E-state index contributed by atoms with van der Waals surface area (Å²) in [6.07, 6.45) is 8.85. The Balaban J connectivity index is 1.42. The van der Waals surface area contributed by atoms with E-state index in [1.165, 1.54) is 18.4 Å². The Morgan fingerprint density at radius 1 is 1.33 bits per heavy atom. The van der Waals surface area contributed by atoms with Crippen LogP contribution >= 0.6 is 0 Å². The van der Waals surface area contributed by atoms with Crippen LogP contribution in [0.1, 0.15) is 24.1 Å². The van der Waals surface area contributed by atoms with E-state index in [-0.39, 0.29) is 0 Å². The lowest BCUT2D eigenvalue weighted by atomic mass is 10.1. The van der Waals surface area contributed by atoms with Gasteiger partial charge in [-0.05, 0) is 55.7 Å². The van der Waals surface area contributed by atoms with Crippen molar-refractivity contribution in [2.24, 2.45) is 10.9 Å². The maximum Gasteiger partial charge on any atom is 0.122 e. The van der Waals surface area contributed by atoms with Gasteiger partial charge >= 0.3 is 0 Å². The number of hydrogen-bond acceptors (Lipinski definition) is 6. The second-order valence-electron chi connectivity index (χ2n) is 7.55. The summed E-state index contributed by atoms with van der Waals surface area (Å²) in [6.45, 7) is 5.37. The molecule has 2 heterocycles. The number of nitrogens with zero attached hydrogens (tertiary/aromatic N) is 5. The van der Waals surface area contributed by atoms with Gasteiger partial charge in [0.2, 0.25) is 0 Å². The molecular weight excluding hydrogens is 376 g/mol. The Kier molecular flexibility index (Phi) is 6.17. The van der Waals surface area contributed by atoms with Gasteiger partial charge in [0.1, 0.15) is 17.1 Å². The highest BCUT2D eigenvalue weighted by Gasteiger charge is 2.22. The summed E-state index contributed by atoms with van der Waals surface area (Å²) in [5, 5.41) is 10.6. The molecule has 0 unspecified atom stereocenters. The van der Waals surface area contributed by atoms with Crippen molar-refractivity contribution in [2.45, 2.75) is 19.3 Å². The van der Waals surface area contributed by atoms with Gasteiger partial charge in [0.15, 0.2) is 0 Å². The molecular formula is C23H26N6O. The molecule has 7 heteroatoms. The molecule has 0 saturated heterocycles. The Morgan fingerprint density at radius 3 is 2.97 bits per heavy atom. The number of aromatic nitrogens is 4. The van der Waals surface area contributed by atoms with E-state index in [1.54, 1.807) is 12.4 Å². The second kappa shape index (κ2) is 9.35. The fourth-order valence-corrected chi connectivity index (χ4v) is 3.17. The van der Waals surface area contributed by atoms with E-state index in [9.17, 15) is 0 Å². The smallest absolute Gasteiger partial charge is 0.122 e. The number of rotatable bonds is 10. The number of H-pyrrole nitrogens is 1. The van der Waals surface area contributed by atoms with Gasteiger partial charge in [-0.1, -0.05) is 18.2 Å². The van der Waals surface area contributed by atoms with Gasteiger partial charge in [0, 0.05) is 31.6 Å². The van der Waals surface area contributed by atoms with Crippen molar-refractivity contribution in [3.05, 3.63) is 66.2 Å². The van der Waals surface area contributed by atoms with Crippen molar-refractivity contribution < 1.29 is 4.74 Å². The highest BCUT2D eigenvalue weighted by Crippen LogP contribution is 2.30. The first-order chi connectivity index (χ1) is 14.7. The van der Waals surface area contributed by atoms with Gasteiger partial charge < -0.3 is 9.64 Å². The Bertz CT molecular complexity index is 1010. The predicted molar refractivity (Wildman–Crippen MR) is 118 cm³/mol. The Morgan fingerprint density at radius 2 is 2.20 bits per heavy atom. The average molecular weight is 403 g/mol.